The lowest BCUT2D eigenvalue weighted by atomic mass is 10.0. The van der Waals surface area contributed by atoms with Crippen molar-refractivity contribution >= 4 is 22.8 Å². The maximum atomic E-state index is 10.7. The Bertz CT molecular complexity index is 718. The average Bonchev–Trinajstić information content (AvgIpc) is 2.45. The minimum absolute atomic E-state index is 0.281. The molecule has 20 heavy (non-hydrogen) atoms. The van der Waals surface area contributed by atoms with E-state index in [2.05, 4.69) is 11.8 Å². The summed E-state index contributed by atoms with van der Waals surface area (Å²) in [6, 6.07) is 11.5. The smallest absolute Gasteiger partial charge is 0.328 e. The van der Waals surface area contributed by atoms with Crippen LogP contribution in [0.5, 0.6) is 5.75 Å². The van der Waals surface area contributed by atoms with Crippen LogP contribution in [0.4, 0.5) is 0 Å². The minimum Gasteiger partial charge on any atom is -0.480 e. The molecule has 0 aliphatic carbocycles. The maximum absolute atomic E-state index is 10.7. The molecule has 0 spiro atoms. The van der Waals surface area contributed by atoms with E-state index in [0.29, 0.717) is 5.75 Å². The lowest BCUT2D eigenvalue weighted by Crippen LogP contribution is -1.97. The molecule has 0 aliphatic rings. The van der Waals surface area contributed by atoms with Crippen molar-refractivity contribution in [3.63, 3.8) is 0 Å². The van der Waals surface area contributed by atoms with E-state index in [9.17, 15) is 4.79 Å². The van der Waals surface area contributed by atoms with Crippen LogP contribution in [-0.4, -0.2) is 17.7 Å². The van der Waals surface area contributed by atoms with Crippen molar-refractivity contribution in [1.82, 2.24) is 0 Å². The van der Waals surface area contributed by atoms with E-state index in [1.807, 2.05) is 36.4 Å². The molecule has 0 aromatic heterocycles. The summed E-state index contributed by atoms with van der Waals surface area (Å²) >= 11 is 0. The van der Waals surface area contributed by atoms with Crippen molar-refractivity contribution < 1.29 is 14.6 Å². The SMILES string of the molecule is CC#CCOc1ccc2ccccc2c1C=CC(=O)O. The first-order chi connectivity index (χ1) is 9.72. The number of ether oxygens (including phenoxy) is 1. The summed E-state index contributed by atoms with van der Waals surface area (Å²) in [4.78, 5) is 10.7. The third kappa shape index (κ3) is 3.18. The van der Waals surface area contributed by atoms with Crippen molar-refractivity contribution in [2.75, 3.05) is 6.61 Å². The first kappa shape index (κ1) is 13.7. The number of hydrogen-bond donors (Lipinski definition) is 1. The predicted octanol–water partition coefficient (Wildman–Crippen LogP) is 3.34. The van der Waals surface area contributed by atoms with Gasteiger partial charge in [-0.25, -0.2) is 4.79 Å². The van der Waals surface area contributed by atoms with Crippen LogP contribution >= 0.6 is 0 Å². The Balaban J connectivity index is 2.51. The number of benzene rings is 2. The molecule has 0 saturated carbocycles. The van der Waals surface area contributed by atoms with E-state index in [-0.39, 0.29) is 6.61 Å². The number of fused-ring (bicyclic) bond motifs is 1. The number of hydrogen-bond acceptors (Lipinski definition) is 2. The third-order valence-corrected chi connectivity index (χ3v) is 2.80. The normalized spacial score (nSPS) is 10.2. The molecule has 3 nitrogen and oxygen atoms in total. The zero-order valence-electron chi connectivity index (χ0n) is 11.1. The minimum atomic E-state index is -0.989. The molecule has 2 rings (SSSR count). The molecule has 2 aromatic carbocycles. The lowest BCUT2D eigenvalue weighted by molar-refractivity contribution is -0.131. The van der Waals surface area contributed by atoms with Gasteiger partial charge in [-0.2, -0.15) is 0 Å². The van der Waals surface area contributed by atoms with Crippen molar-refractivity contribution in [1.29, 1.82) is 0 Å². The Morgan fingerprint density at radius 3 is 2.85 bits per heavy atom. The van der Waals surface area contributed by atoms with Crippen LogP contribution in [0, 0.1) is 11.8 Å². The number of aliphatic carboxylic acids is 1. The predicted molar refractivity (Wildman–Crippen MR) is 79.6 cm³/mol. The van der Waals surface area contributed by atoms with Crippen molar-refractivity contribution in [2.24, 2.45) is 0 Å². The van der Waals surface area contributed by atoms with Gasteiger partial charge in [0, 0.05) is 11.6 Å². The van der Waals surface area contributed by atoms with Gasteiger partial charge in [-0.1, -0.05) is 36.3 Å². The Hall–Kier alpha value is -2.73. The van der Waals surface area contributed by atoms with E-state index in [0.717, 1.165) is 22.4 Å². The number of carboxylic acids is 1. The number of rotatable bonds is 4. The fraction of sp³-hybridized carbons (Fsp3) is 0.118. The highest BCUT2D eigenvalue weighted by Crippen LogP contribution is 2.29. The van der Waals surface area contributed by atoms with Crippen molar-refractivity contribution in [2.45, 2.75) is 6.92 Å². The molecule has 0 fully saturated rings. The molecular formula is C17H14O3. The van der Waals surface area contributed by atoms with Gasteiger partial charge >= 0.3 is 5.97 Å². The summed E-state index contributed by atoms with van der Waals surface area (Å²) in [7, 11) is 0. The summed E-state index contributed by atoms with van der Waals surface area (Å²) in [6.07, 6.45) is 2.67. The molecule has 1 N–H and O–H groups in total. The molecule has 0 atom stereocenters. The van der Waals surface area contributed by atoms with E-state index in [4.69, 9.17) is 9.84 Å². The van der Waals surface area contributed by atoms with E-state index < -0.39 is 5.97 Å². The fourth-order valence-electron chi connectivity index (χ4n) is 1.91. The Labute approximate surface area is 117 Å². The largest absolute Gasteiger partial charge is 0.480 e. The number of carboxylic acid groups (broad SMARTS) is 1. The first-order valence-electron chi connectivity index (χ1n) is 6.17. The molecule has 0 amide bonds. The molecule has 2 aromatic rings. The Kier molecular flexibility index (Phi) is 4.41. The average molecular weight is 266 g/mol. The zero-order valence-corrected chi connectivity index (χ0v) is 11.1. The number of carbonyl (C=O) groups is 1. The Morgan fingerprint density at radius 1 is 1.30 bits per heavy atom. The Morgan fingerprint density at radius 2 is 2.10 bits per heavy atom. The summed E-state index contributed by atoms with van der Waals surface area (Å²) in [5.41, 5.74) is 0.753. The molecule has 0 bridgehead atoms. The highest BCUT2D eigenvalue weighted by molar-refractivity contribution is 5.96. The van der Waals surface area contributed by atoms with Crippen LogP contribution in [0.1, 0.15) is 12.5 Å². The van der Waals surface area contributed by atoms with E-state index in [1.165, 1.54) is 0 Å². The second-order valence-corrected chi connectivity index (χ2v) is 4.09. The van der Waals surface area contributed by atoms with Gasteiger partial charge in [-0.05, 0) is 29.8 Å². The summed E-state index contributed by atoms with van der Waals surface area (Å²) < 4.78 is 5.60. The van der Waals surface area contributed by atoms with Gasteiger partial charge < -0.3 is 9.84 Å². The highest BCUT2D eigenvalue weighted by Gasteiger charge is 2.06. The van der Waals surface area contributed by atoms with Crippen LogP contribution in [-0.2, 0) is 4.79 Å². The lowest BCUT2D eigenvalue weighted by Gasteiger charge is -2.10. The van der Waals surface area contributed by atoms with E-state index >= 15 is 0 Å². The molecule has 0 radical (unpaired) electrons. The van der Waals surface area contributed by atoms with Crippen molar-refractivity contribution in [3.8, 4) is 17.6 Å². The second-order valence-electron chi connectivity index (χ2n) is 4.09. The monoisotopic (exact) mass is 266 g/mol. The maximum Gasteiger partial charge on any atom is 0.328 e. The molecule has 0 heterocycles. The zero-order chi connectivity index (χ0) is 14.4. The molecule has 0 aliphatic heterocycles. The molecule has 0 saturated heterocycles. The fourth-order valence-corrected chi connectivity index (χ4v) is 1.91. The summed E-state index contributed by atoms with van der Waals surface area (Å²) in [5.74, 6) is 5.22. The second kappa shape index (κ2) is 6.44. The van der Waals surface area contributed by atoms with Crippen LogP contribution in [0.3, 0.4) is 0 Å². The summed E-state index contributed by atoms with van der Waals surface area (Å²) in [5, 5.41) is 10.8. The quantitative estimate of drug-likeness (QED) is 0.682. The molecule has 3 heteroatoms. The standard InChI is InChI=1S/C17H14O3/c1-2-3-12-20-16-10-8-13-6-4-5-7-14(13)15(16)9-11-17(18)19/h4-11H,12H2,1H3,(H,18,19). The van der Waals surface area contributed by atoms with Crippen LogP contribution < -0.4 is 4.74 Å². The third-order valence-electron chi connectivity index (χ3n) is 2.80. The summed E-state index contributed by atoms with van der Waals surface area (Å²) in [6.45, 7) is 2.03. The first-order valence-corrected chi connectivity index (χ1v) is 6.17. The molecule has 0 unspecified atom stereocenters. The van der Waals surface area contributed by atoms with Gasteiger partial charge in [0.05, 0.1) is 0 Å². The van der Waals surface area contributed by atoms with Gasteiger partial charge in [0.25, 0.3) is 0 Å². The van der Waals surface area contributed by atoms with Gasteiger partial charge in [0.15, 0.2) is 0 Å². The highest BCUT2D eigenvalue weighted by atomic mass is 16.5. The van der Waals surface area contributed by atoms with Gasteiger partial charge in [0.2, 0.25) is 0 Å². The van der Waals surface area contributed by atoms with Crippen LogP contribution in [0.15, 0.2) is 42.5 Å². The van der Waals surface area contributed by atoms with Crippen LogP contribution in [0.25, 0.3) is 16.8 Å². The van der Waals surface area contributed by atoms with Crippen LogP contribution in [0.2, 0.25) is 0 Å². The topological polar surface area (TPSA) is 46.5 Å². The van der Waals surface area contributed by atoms with Crippen molar-refractivity contribution in [3.05, 3.63) is 48.0 Å². The van der Waals surface area contributed by atoms with E-state index in [1.54, 1.807) is 13.0 Å². The van der Waals surface area contributed by atoms with Gasteiger partial charge in [0.1, 0.15) is 12.4 Å². The van der Waals surface area contributed by atoms with Gasteiger partial charge in [-0.3, -0.25) is 0 Å². The molecule has 100 valence electrons. The molecular weight excluding hydrogens is 252 g/mol. The van der Waals surface area contributed by atoms with Gasteiger partial charge in [-0.15, -0.1) is 5.92 Å².